The molecule has 8 nitrogen and oxygen atoms in total. The van der Waals surface area contributed by atoms with Gasteiger partial charge in [-0.2, -0.15) is 0 Å². The predicted molar refractivity (Wildman–Crippen MR) is 147 cm³/mol. The van der Waals surface area contributed by atoms with Crippen molar-refractivity contribution < 1.29 is 19.1 Å². The summed E-state index contributed by atoms with van der Waals surface area (Å²) in [5, 5.41) is 0. The molecule has 0 aliphatic rings. The molecule has 3 rings (SSSR count). The first-order valence-electron chi connectivity index (χ1n) is 12.2. The number of benzene rings is 3. The first kappa shape index (κ1) is 27.4. The summed E-state index contributed by atoms with van der Waals surface area (Å²) < 4.78 is 5.80. The molecule has 0 atom stereocenters. The molecular formula is C29H34N4O4. The minimum atomic E-state index is -0.407. The van der Waals surface area contributed by atoms with E-state index in [4.69, 9.17) is 10.5 Å². The lowest BCUT2D eigenvalue weighted by Gasteiger charge is -2.26. The summed E-state index contributed by atoms with van der Waals surface area (Å²) in [6.07, 6.45) is 0. The van der Waals surface area contributed by atoms with Crippen LogP contribution < -0.4 is 25.2 Å². The van der Waals surface area contributed by atoms with Crippen LogP contribution in [0.25, 0.3) is 0 Å². The molecule has 0 bridgehead atoms. The number of likely N-dealkylation sites (N-methyl/N-ethyl adjacent to an activating group) is 2. The molecule has 0 radical (unpaired) electrons. The van der Waals surface area contributed by atoms with Gasteiger partial charge in [0.25, 0.3) is 5.91 Å². The van der Waals surface area contributed by atoms with Crippen LogP contribution in [0.5, 0.6) is 5.75 Å². The maximum Gasteiger partial charge on any atom is 0.264 e. The van der Waals surface area contributed by atoms with E-state index in [1.165, 1.54) is 9.80 Å². The lowest BCUT2D eigenvalue weighted by atomic mass is 10.1. The van der Waals surface area contributed by atoms with Gasteiger partial charge in [0.05, 0.1) is 6.54 Å². The Kier molecular flexibility index (Phi) is 9.40. The van der Waals surface area contributed by atoms with E-state index in [0.717, 1.165) is 16.8 Å². The second-order valence-corrected chi connectivity index (χ2v) is 8.74. The largest absolute Gasteiger partial charge is 0.484 e. The van der Waals surface area contributed by atoms with E-state index in [2.05, 4.69) is 6.07 Å². The van der Waals surface area contributed by atoms with Crippen molar-refractivity contribution in [2.75, 3.05) is 48.0 Å². The monoisotopic (exact) mass is 502 g/mol. The second-order valence-electron chi connectivity index (χ2n) is 8.74. The van der Waals surface area contributed by atoms with Crippen molar-refractivity contribution >= 4 is 34.8 Å². The highest BCUT2D eigenvalue weighted by molar-refractivity contribution is 6.04. The van der Waals surface area contributed by atoms with Crippen molar-refractivity contribution in [1.82, 2.24) is 0 Å². The molecule has 0 heterocycles. The number of rotatable bonds is 10. The second kappa shape index (κ2) is 12.7. The molecular weight excluding hydrogens is 468 g/mol. The summed E-state index contributed by atoms with van der Waals surface area (Å²) in [4.78, 5) is 43.1. The Balaban J connectivity index is 1.73. The third-order valence-corrected chi connectivity index (χ3v) is 5.91. The highest BCUT2D eigenvalue weighted by Gasteiger charge is 2.22. The molecule has 0 unspecified atom stereocenters. The summed E-state index contributed by atoms with van der Waals surface area (Å²) in [7, 11) is 1.66. The fraction of sp³-hybridized carbons (Fsp3) is 0.276. The first-order chi connectivity index (χ1) is 17.7. The van der Waals surface area contributed by atoms with Crippen LogP contribution in [0, 0.1) is 13.8 Å². The zero-order valence-corrected chi connectivity index (χ0v) is 21.8. The molecule has 2 N–H and O–H groups in total. The smallest absolute Gasteiger partial charge is 0.264 e. The van der Waals surface area contributed by atoms with E-state index in [1.807, 2.05) is 63.2 Å². The van der Waals surface area contributed by atoms with Crippen LogP contribution in [0.15, 0.2) is 72.8 Å². The molecule has 0 saturated carbocycles. The SMILES string of the molecule is CCN(C(=O)COc1cccc(N(CC(=O)N(C)c2ccccc2)C(=O)CN)c1)c1cc(C)cc(C)c1. The van der Waals surface area contributed by atoms with Crippen LogP contribution >= 0.6 is 0 Å². The topological polar surface area (TPSA) is 96.2 Å². The van der Waals surface area contributed by atoms with Crippen molar-refractivity contribution in [2.45, 2.75) is 20.8 Å². The maximum absolute atomic E-state index is 13.0. The van der Waals surface area contributed by atoms with Crippen molar-refractivity contribution in [3.63, 3.8) is 0 Å². The van der Waals surface area contributed by atoms with Crippen LogP contribution in [0.2, 0.25) is 0 Å². The van der Waals surface area contributed by atoms with Crippen LogP contribution in [-0.4, -0.2) is 51.0 Å². The molecule has 3 aromatic carbocycles. The fourth-order valence-corrected chi connectivity index (χ4v) is 4.04. The van der Waals surface area contributed by atoms with Gasteiger partial charge in [-0.1, -0.05) is 30.3 Å². The summed E-state index contributed by atoms with van der Waals surface area (Å²) in [6.45, 7) is 5.77. The van der Waals surface area contributed by atoms with Crippen LogP contribution in [0.3, 0.4) is 0 Å². The number of hydrogen-bond acceptors (Lipinski definition) is 5. The molecule has 194 valence electrons. The standard InChI is InChI=1S/C29H34N4O4/c1-5-32(25-15-21(2)14-22(3)16-25)29(36)20-37-26-13-9-12-24(17-26)33(27(34)18-30)19-28(35)31(4)23-10-7-6-8-11-23/h6-17H,5,18-20,30H2,1-4H3. The van der Waals surface area contributed by atoms with Gasteiger partial charge in [0.2, 0.25) is 11.8 Å². The zero-order valence-electron chi connectivity index (χ0n) is 21.8. The Morgan fingerprint density at radius 3 is 2.03 bits per heavy atom. The average molecular weight is 503 g/mol. The fourth-order valence-electron chi connectivity index (χ4n) is 4.04. The number of amides is 3. The van der Waals surface area contributed by atoms with Gasteiger partial charge in [0.15, 0.2) is 6.61 Å². The third-order valence-electron chi connectivity index (χ3n) is 5.91. The van der Waals surface area contributed by atoms with Gasteiger partial charge in [-0.3, -0.25) is 14.4 Å². The first-order valence-corrected chi connectivity index (χ1v) is 12.2. The molecule has 0 aliphatic carbocycles. The third kappa shape index (κ3) is 7.17. The highest BCUT2D eigenvalue weighted by atomic mass is 16.5. The number of carbonyl (C=O) groups excluding carboxylic acids is 3. The molecule has 8 heteroatoms. The van der Waals surface area contributed by atoms with Gasteiger partial charge in [0.1, 0.15) is 12.3 Å². The molecule has 0 spiro atoms. The van der Waals surface area contributed by atoms with E-state index in [0.29, 0.717) is 23.7 Å². The van der Waals surface area contributed by atoms with Gasteiger partial charge in [-0.15, -0.1) is 0 Å². The van der Waals surface area contributed by atoms with E-state index < -0.39 is 5.91 Å². The Bertz CT molecular complexity index is 1230. The van der Waals surface area contributed by atoms with Gasteiger partial charge in [0, 0.05) is 36.7 Å². The number of hydrogen-bond donors (Lipinski definition) is 1. The molecule has 0 fully saturated rings. The van der Waals surface area contributed by atoms with Gasteiger partial charge < -0.3 is 25.2 Å². The van der Waals surface area contributed by atoms with Crippen molar-refractivity contribution in [3.05, 3.63) is 83.9 Å². The number of ether oxygens (including phenoxy) is 1. The minimum Gasteiger partial charge on any atom is -0.484 e. The van der Waals surface area contributed by atoms with E-state index >= 15 is 0 Å². The number of aryl methyl sites for hydroxylation is 2. The lowest BCUT2D eigenvalue weighted by Crippen LogP contribution is -2.44. The van der Waals surface area contributed by atoms with Crippen LogP contribution in [0.1, 0.15) is 18.1 Å². The average Bonchev–Trinajstić information content (AvgIpc) is 2.90. The van der Waals surface area contributed by atoms with Crippen molar-refractivity contribution in [2.24, 2.45) is 5.73 Å². The number of nitrogens with zero attached hydrogens (tertiary/aromatic N) is 3. The summed E-state index contributed by atoms with van der Waals surface area (Å²) in [5.74, 6) is -0.468. The number of nitrogens with two attached hydrogens (primary N) is 1. The quantitative estimate of drug-likeness (QED) is 0.456. The molecule has 0 saturated heterocycles. The number of carbonyl (C=O) groups is 3. The Labute approximate surface area is 218 Å². The Hall–Kier alpha value is -4.17. The summed E-state index contributed by atoms with van der Waals surface area (Å²) in [6, 6.07) is 21.9. The van der Waals surface area contributed by atoms with Gasteiger partial charge >= 0.3 is 0 Å². The van der Waals surface area contributed by atoms with E-state index in [9.17, 15) is 14.4 Å². The zero-order chi connectivity index (χ0) is 26.9. The van der Waals surface area contributed by atoms with Gasteiger partial charge in [-0.25, -0.2) is 0 Å². The molecule has 37 heavy (non-hydrogen) atoms. The Morgan fingerprint density at radius 1 is 0.757 bits per heavy atom. The number of para-hydroxylation sites is 1. The molecule has 0 aromatic heterocycles. The predicted octanol–water partition coefficient (Wildman–Crippen LogP) is 3.69. The van der Waals surface area contributed by atoms with Crippen LogP contribution in [0.4, 0.5) is 17.1 Å². The number of anilines is 3. The lowest BCUT2D eigenvalue weighted by molar-refractivity contribution is -0.121. The molecule has 0 aliphatic heterocycles. The van der Waals surface area contributed by atoms with Crippen LogP contribution in [-0.2, 0) is 14.4 Å². The van der Waals surface area contributed by atoms with E-state index in [1.54, 1.807) is 36.2 Å². The summed E-state index contributed by atoms with van der Waals surface area (Å²) in [5.41, 5.74) is 9.78. The van der Waals surface area contributed by atoms with Crippen molar-refractivity contribution in [1.29, 1.82) is 0 Å². The highest BCUT2D eigenvalue weighted by Crippen LogP contribution is 2.23. The minimum absolute atomic E-state index is 0.176. The molecule has 3 amide bonds. The summed E-state index contributed by atoms with van der Waals surface area (Å²) >= 11 is 0. The Morgan fingerprint density at radius 2 is 1.41 bits per heavy atom. The normalized spacial score (nSPS) is 10.5. The maximum atomic E-state index is 13.0. The van der Waals surface area contributed by atoms with E-state index in [-0.39, 0.29) is 31.5 Å². The van der Waals surface area contributed by atoms with Gasteiger partial charge in [-0.05, 0) is 68.3 Å². The van der Waals surface area contributed by atoms with Crippen molar-refractivity contribution in [3.8, 4) is 5.75 Å². The molecule has 3 aromatic rings.